The summed E-state index contributed by atoms with van der Waals surface area (Å²) in [4.78, 5) is 11.7. The molecule has 0 spiro atoms. The van der Waals surface area contributed by atoms with Gasteiger partial charge in [0.1, 0.15) is 30.4 Å². The number of halogens is 2. The second-order valence-corrected chi connectivity index (χ2v) is 10.5. The molecule has 8 heteroatoms. The van der Waals surface area contributed by atoms with Gasteiger partial charge in [0.05, 0.1) is 27.5 Å². The van der Waals surface area contributed by atoms with Crippen LogP contribution in [-0.4, -0.2) is 20.9 Å². The number of rotatable bonds is 11. The van der Waals surface area contributed by atoms with E-state index in [9.17, 15) is 9.90 Å². The first-order valence-corrected chi connectivity index (χ1v) is 13.7. The lowest BCUT2D eigenvalue weighted by Crippen LogP contribution is -2.09. The molecule has 1 N–H and O–H groups in total. The summed E-state index contributed by atoms with van der Waals surface area (Å²) < 4.78 is 13.9. The lowest BCUT2D eigenvalue weighted by atomic mass is 10.0. The van der Waals surface area contributed by atoms with E-state index in [0.29, 0.717) is 40.3 Å². The molecule has 0 amide bonds. The van der Waals surface area contributed by atoms with Gasteiger partial charge in [-0.05, 0) is 77.9 Å². The molecule has 4 rings (SSSR count). The topological polar surface area (TPSA) is 73.6 Å². The second-order valence-electron chi connectivity index (χ2n) is 9.72. The Morgan fingerprint density at radius 3 is 2.23 bits per heavy atom. The summed E-state index contributed by atoms with van der Waals surface area (Å²) in [6.45, 7) is 8.83. The Labute approximate surface area is 239 Å². The van der Waals surface area contributed by atoms with E-state index in [1.54, 1.807) is 28.9 Å². The fourth-order valence-corrected chi connectivity index (χ4v) is 5.02. The van der Waals surface area contributed by atoms with Gasteiger partial charge in [0, 0.05) is 0 Å². The molecule has 0 aliphatic rings. The summed E-state index contributed by atoms with van der Waals surface area (Å²) in [6, 6.07) is 16.5. The molecule has 6 nitrogen and oxygen atoms in total. The summed E-state index contributed by atoms with van der Waals surface area (Å²) in [6.07, 6.45) is 3.43. The Morgan fingerprint density at radius 1 is 0.974 bits per heavy atom. The van der Waals surface area contributed by atoms with E-state index in [-0.39, 0.29) is 18.1 Å². The van der Waals surface area contributed by atoms with Crippen molar-refractivity contribution in [3.05, 3.63) is 104 Å². The van der Waals surface area contributed by atoms with E-state index in [0.717, 1.165) is 34.4 Å². The molecular weight excluding hydrogens is 535 g/mol. The van der Waals surface area contributed by atoms with Gasteiger partial charge in [-0.2, -0.15) is 5.10 Å². The first-order valence-electron chi connectivity index (χ1n) is 12.9. The van der Waals surface area contributed by atoms with Gasteiger partial charge in [-0.15, -0.1) is 0 Å². The van der Waals surface area contributed by atoms with Crippen LogP contribution in [0.3, 0.4) is 0 Å². The Bertz CT molecular complexity index is 1460. The highest BCUT2D eigenvalue weighted by Gasteiger charge is 2.19. The molecule has 0 saturated carbocycles. The minimum Gasteiger partial charge on any atom is -0.489 e. The normalized spacial score (nSPS) is 11.2. The molecule has 0 saturated heterocycles. The van der Waals surface area contributed by atoms with Gasteiger partial charge in [0.25, 0.3) is 0 Å². The smallest absolute Gasteiger partial charge is 0.336 e. The Balaban J connectivity index is 1.49. The highest BCUT2D eigenvalue weighted by molar-refractivity contribution is 6.37. The molecule has 0 fully saturated rings. The van der Waals surface area contributed by atoms with Crippen LogP contribution in [0.2, 0.25) is 10.0 Å². The first kappa shape index (κ1) is 28.5. The van der Waals surface area contributed by atoms with Crippen LogP contribution in [0.25, 0.3) is 5.69 Å². The number of hydrogen-bond donors (Lipinski definition) is 1. The zero-order valence-corrected chi connectivity index (χ0v) is 24.0. The fourth-order valence-electron chi connectivity index (χ4n) is 4.46. The summed E-state index contributed by atoms with van der Waals surface area (Å²) in [5, 5.41) is 15.2. The largest absolute Gasteiger partial charge is 0.489 e. The molecule has 4 aromatic rings. The quantitative estimate of drug-likeness (QED) is 0.197. The lowest BCUT2D eigenvalue weighted by molar-refractivity contribution is 0.0695. The second kappa shape index (κ2) is 12.6. The van der Waals surface area contributed by atoms with Crippen LogP contribution >= 0.6 is 23.2 Å². The molecule has 204 valence electrons. The number of ether oxygens (including phenoxy) is 2. The number of para-hydroxylation sites is 1. The summed E-state index contributed by atoms with van der Waals surface area (Å²) >= 11 is 12.9. The maximum Gasteiger partial charge on any atom is 0.336 e. The highest BCUT2D eigenvalue weighted by Crippen LogP contribution is 2.32. The van der Waals surface area contributed by atoms with Gasteiger partial charge in [0.2, 0.25) is 0 Å². The molecule has 3 aromatic carbocycles. The Kier molecular flexibility index (Phi) is 9.20. The number of aromatic nitrogens is 2. The zero-order chi connectivity index (χ0) is 28.1. The maximum atomic E-state index is 11.7. The van der Waals surface area contributed by atoms with Crippen LogP contribution in [0, 0.1) is 6.92 Å². The molecule has 0 atom stereocenters. The molecule has 0 bridgehead atoms. The number of carbonyl (C=O) groups is 1. The van der Waals surface area contributed by atoms with Crippen molar-refractivity contribution in [1.29, 1.82) is 0 Å². The highest BCUT2D eigenvalue weighted by atomic mass is 35.5. The predicted molar refractivity (Wildman–Crippen MR) is 155 cm³/mol. The van der Waals surface area contributed by atoms with Crippen molar-refractivity contribution >= 4 is 29.2 Å². The number of aromatic carboxylic acids is 1. The third-order valence-electron chi connectivity index (χ3n) is 6.59. The average Bonchev–Trinajstić information content (AvgIpc) is 3.31. The van der Waals surface area contributed by atoms with Gasteiger partial charge in [-0.25, -0.2) is 9.48 Å². The Hall–Kier alpha value is -3.48. The van der Waals surface area contributed by atoms with E-state index in [2.05, 4.69) is 18.9 Å². The van der Waals surface area contributed by atoms with E-state index < -0.39 is 5.97 Å². The molecule has 1 aromatic heterocycles. The maximum absolute atomic E-state index is 11.7. The molecule has 0 aliphatic carbocycles. The number of carboxylic acids is 1. The SMILES string of the molecule is CCCc1ccc(OCc2ccc(OCc3c(C(C)C)cnn3-c3c(Cl)cccc3Cl)cc2C)cc1C(=O)O. The van der Waals surface area contributed by atoms with Crippen molar-refractivity contribution in [3.8, 4) is 17.2 Å². The fraction of sp³-hybridized carbons (Fsp3) is 0.290. The van der Waals surface area contributed by atoms with Crippen LogP contribution < -0.4 is 9.47 Å². The van der Waals surface area contributed by atoms with E-state index >= 15 is 0 Å². The van der Waals surface area contributed by atoms with Gasteiger partial charge < -0.3 is 14.6 Å². The summed E-state index contributed by atoms with van der Waals surface area (Å²) in [5.74, 6) is 0.527. The predicted octanol–water partition coefficient (Wildman–Crippen LogP) is 8.42. The standard InChI is InChI=1S/C31H32Cl2N2O4/c1-5-7-21-10-12-24(15-25(21)31(36)37)38-17-22-11-13-23(14-20(22)4)39-18-29-26(19(2)3)16-34-35(29)30-27(32)8-6-9-28(30)33/h6,8-16,19H,5,7,17-18H2,1-4H3,(H,36,37). The number of hydrogen-bond acceptors (Lipinski definition) is 4. The van der Waals surface area contributed by atoms with Crippen molar-refractivity contribution in [2.45, 2.75) is 59.7 Å². The van der Waals surface area contributed by atoms with Gasteiger partial charge in [0.15, 0.2) is 0 Å². The van der Waals surface area contributed by atoms with Crippen molar-refractivity contribution in [1.82, 2.24) is 9.78 Å². The van der Waals surface area contributed by atoms with Crippen LogP contribution in [0.15, 0.2) is 60.8 Å². The van der Waals surface area contributed by atoms with Crippen molar-refractivity contribution < 1.29 is 19.4 Å². The van der Waals surface area contributed by atoms with Crippen LogP contribution in [0.1, 0.15) is 71.4 Å². The van der Waals surface area contributed by atoms with Gasteiger partial charge in [-0.3, -0.25) is 0 Å². The number of nitrogens with zero attached hydrogens (tertiary/aromatic N) is 2. The Morgan fingerprint density at radius 2 is 1.62 bits per heavy atom. The first-order chi connectivity index (χ1) is 18.7. The van der Waals surface area contributed by atoms with E-state index in [1.165, 1.54) is 0 Å². The molecule has 0 radical (unpaired) electrons. The molecular formula is C31H32Cl2N2O4. The van der Waals surface area contributed by atoms with Gasteiger partial charge >= 0.3 is 5.97 Å². The molecule has 0 aliphatic heterocycles. The number of carboxylic acid groups (broad SMARTS) is 1. The summed E-state index contributed by atoms with van der Waals surface area (Å²) in [7, 11) is 0. The average molecular weight is 568 g/mol. The minimum atomic E-state index is -0.944. The van der Waals surface area contributed by atoms with Gasteiger partial charge in [-0.1, -0.05) is 68.6 Å². The van der Waals surface area contributed by atoms with Crippen LogP contribution in [-0.2, 0) is 19.6 Å². The monoisotopic (exact) mass is 566 g/mol. The van der Waals surface area contributed by atoms with Crippen molar-refractivity contribution in [2.24, 2.45) is 0 Å². The number of aryl methyl sites for hydroxylation is 2. The molecule has 39 heavy (non-hydrogen) atoms. The van der Waals surface area contributed by atoms with Crippen molar-refractivity contribution in [2.75, 3.05) is 0 Å². The van der Waals surface area contributed by atoms with E-state index in [4.69, 9.17) is 32.7 Å². The minimum absolute atomic E-state index is 0.234. The van der Waals surface area contributed by atoms with Crippen LogP contribution in [0.5, 0.6) is 11.5 Å². The summed E-state index contributed by atoms with van der Waals surface area (Å²) in [5.41, 5.74) is 5.64. The van der Waals surface area contributed by atoms with E-state index in [1.807, 2.05) is 50.4 Å². The lowest BCUT2D eigenvalue weighted by Gasteiger charge is -2.16. The zero-order valence-electron chi connectivity index (χ0n) is 22.5. The van der Waals surface area contributed by atoms with Crippen molar-refractivity contribution in [3.63, 3.8) is 0 Å². The third kappa shape index (κ3) is 6.57. The third-order valence-corrected chi connectivity index (χ3v) is 7.20. The molecule has 0 unspecified atom stereocenters. The number of benzene rings is 3. The van der Waals surface area contributed by atoms with Crippen LogP contribution in [0.4, 0.5) is 0 Å². The molecule has 1 heterocycles.